The number of carbonyl (C=O) groups excluding carboxylic acids is 2. The van der Waals surface area contributed by atoms with Crippen molar-refractivity contribution in [2.45, 2.75) is 52.6 Å². The molecule has 0 aliphatic rings. The lowest BCUT2D eigenvalue weighted by Gasteiger charge is -2.24. The third-order valence-corrected chi connectivity index (χ3v) is 8.61. The molecule has 0 aliphatic carbocycles. The van der Waals surface area contributed by atoms with Crippen molar-refractivity contribution in [2.24, 2.45) is 0 Å². The SMILES string of the molecule is CCN(CCCCNC(=O)c1cc(O)c(C(=O)NCCCCN(CC)Cc2ccccc2N(C)C)cc1O)Cc1ccccc1N(C)C. The zero-order valence-corrected chi connectivity index (χ0v) is 29.8. The maximum Gasteiger partial charge on any atom is 0.255 e. The van der Waals surface area contributed by atoms with E-state index in [0.29, 0.717) is 13.1 Å². The molecule has 10 heteroatoms. The third kappa shape index (κ3) is 11.5. The molecule has 3 aromatic carbocycles. The Labute approximate surface area is 287 Å². The largest absolute Gasteiger partial charge is 0.507 e. The molecule has 3 aromatic rings. The van der Waals surface area contributed by atoms with Crippen LogP contribution in [-0.4, -0.2) is 99.3 Å². The lowest BCUT2D eigenvalue weighted by molar-refractivity contribution is 0.0935. The van der Waals surface area contributed by atoms with Gasteiger partial charge in [-0.05, 0) is 87.3 Å². The first kappa shape index (κ1) is 38.2. The average molecular weight is 661 g/mol. The van der Waals surface area contributed by atoms with E-state index in [9.17, 15) is 19.8 Å². The number of phenolic OH excluding ortho intramolecular Hbond substituents is 2. The van der Waals surface area contributed by atoms with Gasteiger partial charge < -0.3 is 30.6 Å². The van der Waals surface area contributed by atoms with Crippen LogP contribution >= 0.6 is 0 Å². The molecule has 3 rings (SSSR count). The van der Waals surface area contributed by atoms with E-state index in [1.165, 1.54) is 22.5 Å². The molecular formula is C38H56N6O4. The summed E-state index contributed by atoms with van der Waals surface area (Å²) in [4.78, 5) is 34.6. The number of benzene rings is 3. The summed E-state index contributed by atoms with van der Waals surface area (Å²) in [5, 5.41) is 26.7. The number of hydrogen-bond donors (Lipinski definition) is 4. The van der Waals surface area contributed by atoms with E-state index in [0.717, 1.165) is 77.1 Å². The molecule has 0 radical (unpaired) electrons. The normalized spacial score (nSPS) is 11.2. The molecule has 4 N–H and O–H groups in total. The van der Waals surface area contributed by atoms with Crippen LogP contribution in [0.15, 0.2) is 60.7 Å². The van der Waals surface area contributed by atoms with Crippen LogP contribution < -0.4 is 20.4 Å². The number of aromatic hydroxyl groups is 2. The number of anilines is 2. The van der Waals surface area contributed by atoms with E-state index < -0.39 is 11.8 Å². The van der Waals surface area contributed by atoms with Gasteiger partial charge in [-0.1, -0.05) is 50.2 Å². The maximum atomic E-state index is 12.8. The fourth-order valence-corrected chi connectivity index (χ4v) is 5.80. The van der Waals surface area contributed by atoms with Crippen molar-refractivity contribution >= 4 is 23.2 Å². The highest BCUT2D eigenvalue weighted by molar-refractivity contribution is 6.02. The molecule has 0 bridgehead atoms. The number of phenols is 2. The van der Waals surface area contributed by atoms with Crippen molar-refractivity contribution in [3.05, 3.63) is 82.9 Å². The fourth-order valence-electron chi connectivity index (χ4n) is 5.80. The molecule has 0 aliphatic heterocycles. The van der Waals surface area contributed by atoms with Gasteiger partial charge in [0.25, 0.3) is 11.8 Å². The fraction of sp³-hybridized carbons (Fsp3) is 0.474. The number of carbonyl (C=O) groups is 2. The predicted molar refractivity (Wildman–Crippen MR) is 196 cm³/mol. The smallest absolute Gasteiger partial charge is 0.255 e. The number of rotatable bonds is 20. The molecule has 0 saturated heterocycles. The summed E-state index contributed by atoms with van der Waals surface area (Å²) in [6, 6.07) is 19.1. The summed E-state index contributed by atoms with van der Waals surface area (Å²) < 4.78 is 0. The first-order valence-corrected chi connectivity index (χ1v) is 17.1. The van der Waals surface area contributed by atoms with Crippen LogP contribution in [0.4, 0.5) is 11.4 Å². The number of hydrogen-bond acceptors (Lipinski definition) is 8. The molecule has 0 fully saturated rings. The molecule has 0 atom stereocenters. The highest BCUT2D eigenvalue weighted by atomic mass is 16.3. The Hall–Kier alpha value is -4.28. The van der Waals surface area contributed by atoms with Gasteiger partial charge in [-0.2, -0.15) is 0 Å². The lowest BCUT2D eigenvalue weighted by Crippen LogP contribution is -2.28. The Morgan fingerprint density at radius 1 is 0.604 bits per heavy atom. The molecule has 262 valence electrons. The summed E-state index contributed by atoms with van der Waals surface area (Å²) in [5.74, 6) is -1.67. The van der Waals surface area contributed by atoms with Crippen LogP contribution in [0.25, 0.3) is 0 Å². The molecule has 0 spiro atoms. The first-order valence-electron chi connectivity index (χ1n) is 17.1. The Balaban J connectivity index is 1.40. The summed E-state index contributed by atoms with van der Waals surface area (Å²) in [6.07, 6.45) is 3.33. The minimum Gasteiger partial charge on any atom is -0.507 e. The van der Waals surface area contributed by atoms with Gasteiger partial charge in [0.05, 0.1) is 11.1 Å². The third-order valence-electron chi connectivity index (χ3n) is 8.61. The summed E-state index contributed by atoms with van der Waals surface area (Å²) in [7, 11) is 8.20. The van der Waals surface area contributed by atoms with Gasteiger partial charge in [-0.25, -0.2) is 0 Å². The molecule has 0 heterocycles. The number of nitrogens with one attached hydrogen (secondary N) is 2. The monoisotopic (exact) mass is 660 g/mol. The van der Waals surface area contributed by atoms with Crippen LogP contribution in [0.1, 0.15) is 71.4 Å². The van der Waals surface area contributed by atoms with Gasteiger partial charge >= 0.3 is 0 Å². The van der Waals surface area contributed by atoms with Crippen molar-refractivity contribution in [3.63, 3.8) is 0 Å². The highest BCUT2D eigenvalue weighted by Crippen LogP contribution is 2.27. The van der Waals surface area contributed by atoms with Crippen molar-refractivity contribution < 1.29 is 19.8 Å². The number of nitrogens with zero attached hydrogens (tertiary/aromatic N) is 4. The zero-order chi connectivity index (χ0) is 35.1. The molecule has 10 nitrogen and oxygen atoms in total. The number of unbranched alkanes of at least 4 members (excludes halogenated alkanes) is 2. The van der Waals surface area contributed by atoms with E-state index in [4.69, 9.17) is 0 Å². The second-order valence-corrected chi connectivity index (χ2v) is 12.6. The van der Waals surface area contributed by atoms with Crippen LogP contribution in [-0.2, 0) is 13.1 Å². The first-order chi connectivity index (χ1) is 23.0. The topological polar surface area (TPSA) is 112 Å². The van der Waals surface area contributed by atoms with Gasteiger partial charge in [0.2, 0.25) is 0 Å². The molecule has 2 amide bonds. The minimum atomic E-state index is -0.490. The Bertz CT molecular complexity index is 1350. The van der Waals surface area contributed by atoms with Crippen LogP contribution in [0, 0.1) is 0 Å². The Morgan fingerprint density at radius 2 is 0.979 bits per heavy atom. The van der Waals surface area contributed by atoms with Gasteiger partial charge in [0, 0.05) is 65.7 Å². The van der Waals surface area contributed by atoms with E-state index in [1.807, 2.05) is 0 Å². The highest BCUT2D eigenvalue weighted by Gasteiger charge is 2.19. The van der Waals surface area contributed by atoms with Crippen molar-refractivity contribution in [2.75, 3.05) is 77.3 Å². The summed E-state index contributed by atoms with van der Waals surface area (Å²) in [6.45, 7) is 10.5. The summed E-state index contributed by atoms with van der Waals surface area (Å²) in [5.41, 5.74) is 4.86. The standard InChI is InChI=1S/C38H56N6O4/c1-7-43(27-29-17-9-11-19-33(29)41(3)4)23-15-13-21-39-37(47)31-25-36(46)32(26-35(31)45)38(48)40-22-14-16-24-44(8-2)28-30-18-10-12-20-34(30)42(5)6/h9-12,17-20,25-26,45-46H,7-8,13-16,21-24,27-28H2,1-6H3,(H,39,47)(H,40,48). The van der Waals surface area contributed by atoms with E-state index in [-0.39, 0.29) is 22.6 Å². The van der Waals surface area contributed by atoms with Crippen molar-refractivity contribution in [1.82, 2.24) is 20.4 Å². The van der Waals surface area contributed by atoms with Crippen molar-refractivity contribution in [1.29, 1.82) is 0 Å². The predicted octanol–water partition coefficient (Wildman–Crippen LogP) is 5.29. The van der Waals surface area contributed by atoms with Crippen LogP contribution in [0.5, 0.6) is 11.5 Å². The quantitative estimate of drug-likeness (QED) is 0.0956. The van der Waals surface area contributed by atoms with Gasteiger partial charge in [-0.15, -0.1) is 0 Å². The molecule has 0 unspecified atom stereocenters. The second kappa shape index (κ2) is 19.5. The van der Waals surface area contributed by atoms with Crippen LogP contribution in [0.3, 0.4) is 0 Å². The maximum absolute atomic E-state index is 12.8. The van der Waals surface area contributed by atoms with Crippen molar-refractivity contribution in [3.8, 4) is 11.5 Å². The minimum absolute atomic E-state index is 0.0602. The Morgan fingerprint density at radius 3 is 1.33 bits per heavy atom. The molecule has 0 aromatic heterocycles. The molecule has 0 saturated carbocycles. The van der Waals surface area contributed by atoms with Gasteiger partial charge in [0.15, 0.2) is 0 Å². The molecular weight excluding hydrogens is 604 g/mol. The second-order valence-electron chi connectivity index (χ2n) is 12.6. The van der Waals surface area contributed by atoms with E-state index in [1.54, 1.807) is 0 Å². The zero-order valence-electron chi connectivity index (χ0n) is 29.8. The van der Waals surface area contributed by atoms with E-state index >= 15 is 0 Å². The Kier molecular flexibility index (Phi) is 15.5. The summed E-state index contributed by atoms with van der Waals surface area (Å²) >= 11 is 0. The van der Waals surface area contributed by atoms with E-state index in [2.05, 4.69) is 121 Å². The van der Waals surface area contributed by atoms with Gasteiger partial charge in [0.1, 0.15) is 11.5 Å². The molecule has 48 heavy (non-hydrogen) atoms. The lowest BCUT2D eigenvalue weighted by atomic mass is 10.1. The number of para-hydroxylation sites is 2. The van der Waals surface area contributed by atoms with Gasteiger partial charge in [-0.3, -0.25) is 19.4 Å². The average Bonchev–Trinajstić information content (AvgIpc) is 3.07. The number of amides is 2. The van der Waals surface area contributed by atoms with Crippen LogP contribution in [0.2, 0.25) is 0 Å².